The molecule has 1 amide bonds. The summed E-state index contributed by atoms with van der Waals surface area (Å²) in [6.45, 7) is 5.65. The lowest BCUT2D eigenvalue weighted by Gasteiger charge is -2.45. The van der Waals surface area contributed by atoms with E-state index in [2.05, 4.69) is 26.1 Å². The summed E-state index contributed by atoms with van der Waals surface area (Å²) < 4.78 is 34.3. The predicted molar refractivity (Wildman–Crippen MR) is 248 cm³/mol. The van der Waals surface area contributed by atoms with Gasteiger partial charge in [0.15, 0.2) is 18.5 Å². The molecule has 1 heterocycles. The van der Waals surface area contributed by atoms with Crippen molar-refractivity contribution in [2.24, 2.45) is 0 Å². The van der Waals surface area contributed by atoms with Crippen LogP contribution in [0.3, 0.4) is 0 Å². The van der Waals surface area contributed by atoms with Crippen LogP contribution in [0.15, 0.2) is 0 Å². The number of aliphatic hydroxyl groups excluding tert-OH is 4. The van der Waals surface area contributed by atoms with Crippen molar-refractivity contribution in [3.63, 3.8) is 0 Å². The quantitative estimate of drug-likeness (QED) is 0.0172. The smallest absolute Gasteiger partial charge is 0.456 e. The number of hydrogen-bond acceptors (Lipinski definition) is 12. The molecule has 0 aliphatic carbocycles. The molecule has 0 saturated carbocycles. The second-order valence-electron chi connectivity index (χ2n) is 18.2. The van der Waals surface area contributed by atoms with Crippen LogP contribution in [-0.4, -0.2) is 104 Å². The number of esters is 2. The van der Waals surface area contributed by atoms with Gasteiger partial charge in [0, 0.05) is 0 Å². The maximum Gasteiger partial charge on any atom is 0.472 e. The number of nitrogens with one attached hydrogen (secondary N) is 1. The zero-order chi connectivity index (χ0) is 47.4. The topological polar surface area (TPSA) is 239 Å². The van der Waals surface area contributed by atoms with Crippen molar-refractivity contribution >= 4 is 25.7 Å². The zero-order valence-corrected chi connectivity index (χ0v) is 41.0. The third kappa shape index (κ3) is 31.3. The summed E-state index contributed by atoms with van der Waals surface area (Å²) in [5, 5.41) is 45.2. The first-order valence-electron chi connectivity index (χ1n) is 25.5. The monoisotopic (exact) mass is 938 g/mol. The average molecular weight is 938 g/mol. The molecule has 378 valence electrons. The van der Waals surface area contributed by atoms with Gasteiger partial charge in [-0.3, -0.25) is 18.9 Å². The molecule has 16 heteroatoms. The number of ether oxygens (including phenoxy) is 3. The number of phosphoric acid groups is 1. The van der Waals surface area contributed by atoms with Gasteiger partial charge in [-0.2, -0.15) is 0 Å². The Bertz CT molecular complexity index is 1220. The first-order chi connectivity index (χ1) is 30.7. The SMILES string of the molecule is CCCCCCCCCCC[C@@H](O)CC(=O)NC1C(OP(=O)(O)O)OC(CO)C(OC(=O)C[C@H](O)CCCCCCCCCCC)C1OC(=O)C[C@H](O)CCCCCCCCCCC. The van der Waals surface area contributed by atoms with Crippen molar-refractivity contribution in [3.05, 3.63) is 0 Å². The second kappa shape index (κ2) is 38.3. The van der Waals surface area contributed by atoms with Crippen LogP contribution in [0.5, 0.6) is 0 Å². The van der Waals surface area contributed by atoms with Crippen molar-refractivity contribution in [2.45, 2.75) is 282 Å². The van der Waals surface area contributed by atoms with E-state index in [-0.39, 0.29) is 0 Å². The molecule has 0 aromatic heterocycles. The first kappa shape index (κ1) is 60.3. The summed E-state index contributed by atoms with van der Waals surface area (Å²) >= 11 is 0. The molecule has 5 unspecified atom stereocenters. The van der Waals surface area contributed by atoms with Gasteiger partial charge in [-0.25, -0.2) is 4.57 Å². The van der Waals surface area contributed by atoms with E-state index in [0.29, 0.717) is 38.5 Å². The van der Waals surface area contributed by atoms with E-state index in [9.17, 15) is 49.2 Å². The van der Waals surface area contributed by atoms with Crippen LogP contribution in [0.4, 0.5) is 0 Å². The lowest BCUT2D eigenvalue weighted by molar-refractivity contribution is -0.260. The Morgan fingerprint density at radius 2 is 0.859 bits per heavy atom. The van der Waals surface area contributed by atoms with E-state index in [0.717, 1.165) is 77.0 Å². The van der Waals surface area contributed by atoms with Crippen molar-refractivity contribution in [1.29, 1.82) is 0 Å². The molecule has 1 aliphatic heterocycles. The zero-order valence-electron chi connectivity index (χ0n) is 40.1. The van der Waals surface area contributed by atoms with Gasteiger partial charge in [0.25, 0.3) is 0 Å². The molecule has 0 aromatic carbocycles. The highest BCUT2D eigenvalue weighted by molar-refractivity contribution is 7.46. The van der Waals surface area contributed by atoms with Crippen LogP contribution in [0.2, 0.25) is 0 Å². The van der Waals surface area contributed by atoms with Crippen LogP contribution >= 0.6 is 7.82 Å². The average Bonchev–Trinajstić information content (AvgIpc) is 3.23. The second-order valence-corrected chi connectivity index (χ2v) is 19.4. The highest BCUT2D eigenvalue weighted by Gasteiger charge is 2.53. The predicted octanol–water partition coefficient (Wildman–Crippen LogP) is 9.14. The summed E-state index contributed by atoms with van der Waals surface area (Å²) in [5.74, 6) is -2.66. The van der Waals surface area contributed by atoms with Crippen molar-refractivity contribution in [1.82, 2.24) is 5.32 Å². The molecular weight excluding hydrogens is 845 g/mol. The lowest BCUT2D eigenvalue weighted by Crippen LogP contribution is -2.66. The summed E-state index contributed by atoms with van der Waals surface area (Å²) in [6.07, 6.45) is 18.6. The van der Waals surface area contributed by atoms with E-state index < -0.39 is 100 Å². The Labute approximate surface area is 386 Å². The lowest BCUT2D eigenvalue weighted by atomic mass is 9.95. The molecule has 15 nitrogen and oxygen atoms in total. The highest BCUT2D eigenvalue weighted by Crippen LogP contribution is 2.41. The molecule has 1 rings (SSSR count). The van der Waals surface area contributed by atoms with E-state index in [4.69, 9.17) is 18.7 Å². The third-order valence-electron chi connectivity index (χ3n) is 12.1. The number of carbonyl (C=O) groups is 3. The van der Waals surface area contributed by atoms with Crippen LogP contribution in [-0.2, 0) is 37.7 Å². The maximum atomic E-state index is 13.5. The molecule has 8 atom stereocenters. The van der Waals surface area contributed by atoms with Gasteiger partial charge in [0.1, 0.15) is 12.1 Å². The normalized spacial score (nSPS) is 20.4. The molecule has 0 radical (unpaired) electrons. The first-order valence-corrected chi connectivity index (χ1v) is 27.0. The van der Waals surface area contributed by atoms with E-state index in [1.54, 1.807) is 0 Å². The molecule has 1 aliphatic rings. The number of amides is 1. The van der Waals surface area contributed by atoms with Gasteiger partial charge in [0.2, 0.25) is 5.91 Å². The summed E-state index contributed by atoms with van der Waals surface area (Å²) in [5.41, 5.74) is 0. The maximum absolute atomic E-state index is 13.5. The molecule has 0 bridgehead atoms. The number of rotatable bonds is 42. The fourth-order valence-corrected chi connectivity index (χ4v) is 8.78. The minimum absolute atomic E-state index is 0.314. The van der Waals surface area contributed by atoms with Crippen LogP contribution in [0.1, 0.15) is 233 Å². The summed E-state index contributed by atoms with van der Waals surface area (Å²) in [6, 6.07) is -1.70. The van der Waals surface area contributed by atoms with E-state index >= 15 is 0 Å². The number of hydrogen-bond donors (Lipinski definition) is 7. The van der Waals surface area contributed by atoms with Gasteiger partial charge in [0.05, 0.1) is 44.2 Å². The van der Waals surface area contributed by atoms with Gasteiger partial charge in [-0.05, 0) is 19.3 Å². The van der Waals surface area contributed by atoms with Crippen LogP contribution in [0, 0.1) is 0 Å². The van der Waals surface area contributed by atoms with Crippen molar-refractivity contribution in [2.75, 3.05) is 6.61 Å². The Hall–Kier alpha value is -1.68. The van der Waals surface area contributed by atoms with Crippen molar-refractivity contribution < 1.29 is 67.9 Å². The Balaban J connectivity index is 3.09. The van der Waals surface area contributed by atoms with Gasteiger partial charge >= 0.3 is 19.8 Å². The molecule has 1 saturated heterocycles. The Morgan fingerprint density at radius 1 is 0.531 bits per heavy atom. The molecular formula is C48H92NO14P. The van der Waals surface area contributed by atoms with Crippen molar-refractivity contribution in [3.8, 4) is 0 Å². The largest absolute Gasteiger partial charge is 0.472 e. The Morgan fingerprint density at radius 3 is 1.20 bits per heavy atom. The number of unbranched alkanes of at least 4 members (excludes halogenated alkanes) is 24. The summed E-state index contributed by atoms with van der Waals surface area (Å²) in [7, 11) is -5.34. The molecule has 0 aromatic rings. The molecule has 0 spiro atoms. The highest BCUT2D eigenvalue weighted by atomic mass is 31.2. The molecule has 7 N–H and O–H groups in total. The van der Waals surface area contributed by atoms with Gasteiger partial charge in [-0.15, -0.1) is 0 Å². The number of aliphatic hydroxyl groups is 4. The number of carbonyl (C=O) groups excluding carboxylic acids is 3. The van der Waals surface area contributed by atoms with Crippen LogP contribution in [0.25, 0.3) is 0 Å². The number of phosphoric ester groups is 1. The third-order valence-corrected chi connectivity index (χ3v) is 12.6. The van der Waals surface area contributed by atoms with Crippen LogP contribution < -0.4 is 5.32 Å². The van der Waals surface area contributed by atoms with Gasteiger partial charge in [-0.1, -0.05) is 194 Å². The standard InChI is InChI=1S/C48H92NO14P/c1-4-7-10-13-16-19-22-25-28-31-38(51)34-42(54)49-45-47(62-44(56)36-40(53)33-30-27-24-21-18-15-12-9-6-3)46(41(37-50)60-48(45)63-64(57,58)59)61-43(55)35-39(52)32-29-26-23-20-17-14-11-8-5-2/h38-41,45-48,50-53H,4-37H2,1-3H3,(H,49,54)(H2,57,58,59)/t38-,39-,40-,41?,45?,46?,47?,48?/m1/s1. The van der Waals surface area contributed by atoms with E-state index in [1.807, 2.05) is 0 Å². The molecule has 64 heavy (non-hydrogen) atoms. The fraction of sp³-hybridized carbons (Fsp3) is 0.938. The minimum Gasteiger partial charge on any atom is -0.456 e. The van der Waals surface area contributed by atoms with E-state index in [1.165, 1.54) is 77.0 Å². The molecule has 1 fully saturated rings. The summed E-state index contributed by atoms with van der Waals surface area (Å²) in [4.78, 5) is 59.9. The minimum atomic E-state index is -5.34. The van der Waals surface area contributed by atoms with Gasteiger partial charge < -0.3 is 49.7 Å². The fourth-order valence-electron chi connectivity index (χ4n) is 8.33. The Kier molecular flexibility index (Phi) is 36.1.